The summed E-state index contributed by atoms with van der Waals surface area (Å²) in [6.07, 6.45) is 5.26. The highest BCUT2D eigenvalue weighted by molar-refractivity contribution is 7.19. The van der Waals surface area contributed by atoms with E-state index in [2.05, 4.69) is 17.0 Å². The minimum atomic E-state index is -0.940. The van der Waals surface area contributed by atoms with Crippen LogP contribution in [-0.4, -0.2) is 32.3 Å². The van der Waals surface area contributed by atoms with Crippen LogP contribution in [0, 0.1) is 0 Å². The van der Waals surface area contributed by atoms with Crippen molar-refractivity contribution < 1.29 is 14.6 Å². The summed E-state index contributed by atoms with van der Waals surface area (Å²) < 4.78 is 7.60. The molecule has 0 unspecified atom stereocenters. The summed E-state index contributed by atoms with van der Waals surface area (Å²) in [7, 11) is 0. The summed E-state index contributed by atoms with van der Waals surface area (Å²) in [6.45, 7) is 2.90. The van der Waals surface area contributed by atoms with Crippen molar-refractivity contribution >= 4 is 22.3 Å². The van der Waals surface area contributed by atoms with Crippen LogP contribution in [0.2, 0.25) is 0 Å². The van der Waals surface area contributed by atoms with E-state index in [4.69, 9.17) is 9.84 Å². The smallest absolute Gasteiger partial charge is 0.335 e. The normalized spacial score (nSPS) is 11.1. The van der Waals surface area contributed by atoms with E-state index < -0.39 is 5.97 Å². The maximum atomic E-state index is 11.0. The van der Waals surface area contributed by atoms with Crippen molar-refractivity contribution in [2.75, 3.05) is 6.61 Å². The molecule has 0 saturated heterocycles. The maximum absolute atomic E-state index is 11.0. The monoisotopic (exact) mass is 407 g/mol. The minimum Gasteiger partial charge on any atom is -0.494 e. The predicted molar refractivity (Wildman–Crippen MR) is 114 cm³/mol. The van der Waals surface area contributed by atoms with Gasteiger partial charge >= 0.3 is 5.97 Å². The summed E-state index contributed by atoms with van der Waals surface area (Å²) in [5, 5.41) is 14.5. The molecule has 0 aliphatic carbocycles. The van der Waals surface area contributed by atoms with Gasteiger partial charge in [0.05, 0.1) is 24.1 Å². The molecule has 29 heavy (non-hydrogen) atoms. The quantitative estimate of drug-likeness (QED) is 0.396. The van der Waals surface area contributed by atoms with Gasteiger partial charge in [0.25, 0.3) is 0 Å². The molecule has 7 heteroatoms. The first kappa shape index (κ1) is 19.1. The summed E-state index contributed by atoms with van der Waals surface area (Å²) in [5.74, 6) is -0.0871. The molecular formula is C22H21N3O3S. The van der Waals surface area contributed by atoms with Gasteiger partial charge in [0.2, 0.25) is 4.96 Å². The average molecular weight is 407 g/mol. The number of imidazole rings is 1. The first-order chi connectivity index (χ1) is 14.1. The van der Waals surface area contributed by atoms with E-state index in [-0.39, 0.29) is 5.56 Å². The van der Waals surface area contributed by atoms with E-state index in [1.807, 2.05) is 30.5 Å². The number of carboxylic acid groups (broad SMARTS) is 1. The number of aromatic nitrogens is 3. The lowest BCUT2D eigenvalue weighted by Gasteiger charge is -2.06. The van der Waals surface area contributed by atoms with Gasteiger partial charge in [-0.3, -0.25) is 0 Å². The summed E-state index contributed by atoms with van der Waals surface area (Å²) in [6, 6.07) is 14.6. The summed E-state index contributed by atoms with van der Waals surface area (Å²) in [5.41, 5.74) is 2.88. The molecule has 0 fully saturated rings. The Hall–Kier alpha value is -3.19. The average Bonchev–Trinajstić information content (AvgIpc) is 3.31. The Bertz CT molecular complexity index is 1100. The third kappa shape index (κ3) is 4.30. The highest BCUT2D eigenvalue weighted by atomic mass is 32.1. The van der Waals surface area contributed by atoms with Crippen molar-refractivity contribution in [3.8, 4) is 27.6 Å². The van der Waals surface area contributed by atoms with Crippen LogP contribution in [-0.2, 0) is 0 Å². The number of aromatic carboxylic acids is 1. The number of carboxylic acids is 1. The summed E-state index contributed by atoms with van der Waals surface area (Å²) in [4.78, 5) is 16.4. The van der Waals surface area contributed by atoms with E-state index in [1.165, 1.54) is 24.2 Å². The van der Waals surface area contributed by atoms with Crippen molar-refractivity contribution in [3.05, 3.63) is 60.3 Å². The first-order valence-corrected chi connectivity index (χ1v) is 10.4. The van der Waals surface area contributed by atoms with E-state index in [9.17, 15) is 4.79 Å². The molecular weight excluding hydrogens is 386 g/mol. The van der Waals surface area contributed by atoms with Crippen molar-refractivity contribution in [3.63, 3.8) is 0 Å². The molecule has 0 atom stereocenters. The molecule has 0 spiro atoms. The number of ether oxygens (including phenoxy) is 1. The van der Waals surface area contributed by atoms with Crippen LogP contribution >= 0.6 is 11.3 Å². The van der Waals surface area contributed by atoms with Crippen LogP contribution in [0.4, 0.5) is 0 Å². The van der Waals surface area contributed by atoms with Crippen LogP contribution in [0.5, 0.6) is 5.75 Å². The molecule has 1 N–H and O–H groups in total. The number of nitrogens with zero attached hydrogens (tertiary/aromatic N) is 3. The lowest BCUT2D eigenvalue weighted by molar-refractivity contribution is 0.0697. The molecule has 148 valence electrons. The number of rotatable bonds is 8. The predicted octanol–water partition coefficient (Wildman–Crippen LogP) is 5.39. The van der Waals surface area contributed by atoms with Crippen molar-refractivity contribution in [2.24, 2.45) is 0 Å². The standard InChI is InChI=1S/C22H21N3O3S/c1-2-3-4-12-28-18-7-5-6-17(13-18)20-24-25-14-19(23-22(25)29-20)15-8-10-16(11-9-15)21(26)27/h5-11,13-14H,2-4,12H2,1H3,(H,26,27). The molecule has 6 nitrogen and oxygen atoms in total. The Morgan fingerprint density at radius 3 is 2.69 bits per heavy atom. The Kier molecular flexibility index (Phi) is 5.57. The van der Waals surface area contributed by atoms with Gasteiger partial charge in [-0.05, 0) is 30.7 Å². The van der Waals surface area contributed by atoms with Crippen LogP contribution in [0.1, 0.15) is 36.5 Å². The third-order valence-electron chi connectivity index (χ3n) is 4.57. The van der Waals surface area contributed by atoms with Crippen molar-refractivity contribution in [2.45, 2.75) is 26.2 Å². The van der Waals surface area contributed by atoms with Gasteiger partial charge in [-0.2, -0.15) is 5.10 Å². The number of unbranched alkanes of at least 4 members (excludes halogenated alkanes) is 2. The summed E-state index contributed by atoms with van der Waals surface area (Å²) >= 11 is 1.51. The first-order valence-electron chi connectivity index (χ1n) is 9.57. The van der Waals surface area contributed by atoms with E-state index in [0.717, 1.165) is 45.6 Å². The van der Waals surface area contributed by atoms with Gasteiger partial charge in [0.1, 0.15) is 10.8 Å². The second-order valence-corrected chi connectivity index (χ2v) is 7.68. The molecule has 4 rings (SSSR count). The Balaban J connectivity index is 1.53. The lowest BCUT2D eigenvalue weighted by atomic mass is 10.1. The molecule has 0 amide bonds. The minimum absolute atomic E-state index is 0.256. The largest absolute Gasteiger partial charge is 0.494 e. The molecule has 0 bridgehead atoms. The lowest BCUT2D eigenvalue weighted by Crippen LogP contribution is -1.96. The van der Waals surface area contributed by atoms with E-state index in [1.54, 1.807) is 28.8 Å². The number of benzene rings is 2. The molecule has 2 heterocycles. The highest BCUT2D eigenvalue weighted by Crippen LogP contribution is 2.30. The molecule has 0 aliphatic rings. The van der Waals surface area contributed by atoms with Crippen LogP contribution in [0.3, 0.4) is 0 Å². The Labute approximate surface area is 172 Å². The van der Waals surface area contributed by atoms with E-state index in [0.29, 0.717) is 0 Å². The van der Waals surface area contributed by atoms with Gasteiger partial charge in [-0.25, -0.2) is 14.3 Å². The number of hydrogen-bond acceptors (Lipinski definition) is 5. The molecule has 0 aliphatic heterocycles. The highest BCUT2D eigenvalue weighted by Gasteiger charge is 2.12. The van der Waals surface area contributed by atoms with Gasteiger partial charge < -0.3 is 9.84 Å². The molecule has 4 aromatic rings. The number of hydrogen-bond donors (Lipinski definition) is 1. The van der Waals surface area contributed by atoms with Gasteiger partial charge in [0.15, 0.2) is 0 Å². The van der Waals surface area contributed by atoms with Gasteiger partial charge in [0, 0.05) is 11.1 Å². The van der Waals surface area contributed by atoms with Crippen LogP contribution in [0.15, 0.2) is 54.7 Å². The molecule has 0 radical (unpaired) electrons. The zero-order chi connectivity index (χ0) is 20.2. The fourth-order valence-electron chi connectivity index (χ4n) is 3.00. The fourth-order valence-corrected chi connectivity index (χ4v) is 3.88. The second-order valence-electron chi connectivity index (χ2n) is 6.73. The van der Waals surface area contributed by atoms with Gasteiger partial charge in [-0.1, -0.05) is 55.4 Å². The van der Waals surface area contributed by atoms with Crippen molar-refractivity contribution in [1.82, 2.24) is 14.6 Å². The molecule has 2 aromatic carbocycles. The maximum Gasteiger partial charge on any atom is 0.335 e. The zero-order valence-corrected chi connectivity index (χ0v) is 16.9. The molecule has 2 aromatic heterocycles. The third-order valence-corrected chi connectivity index (χ3v) is 5.54. The van der Waals surface area contributed by atoms with E-state index >= 15 is 0 Å². The zero-order valence-electron chi connectivity index (χ0n) is 16.0. The van der Waals surface area contributed by atoms with Gasteiger partial charge in [-0.15, -0.1) is 0 Å². The topological polar surface area (TPSA) is 76.7 Å². The SMILES string of the molecule is CCCCCOc1cccc(-c2nn3cc(-c4ccc(C(=O)O)cc4)nc3s2)c1. The van der Waals surface area contributed by atoms with Crippen LogP contribution < -0.4 is 4.74 Å². The number of carbonyl (C=O) groups is 1. The fraction of sp³-hybridized carbons (Fsp3) is 0.227. The Morgan fingerprint density at radius 2 is 1.97 bits per heavy atom. The Morgan fingerprint density at radius 1 is 1.14 bits per heavy atom. The second kappa shape index (κ2) is 8.45. The van der Waals surface area contributed by atoms with Crippen LogP contribution in [0.25, 0.3) is 26.8 Å². The number of fused-ring (bicyclic) bond motifs is 1. The van der Waals surface area contributed by atoms with Crippen molar-refractivity contribution in [1.29, 1.82) is 0 Å². The molecule has 0 saturated carbocycles.